The minimum atomic E-state index is -0.711. The van der Waals surface area contributed by atoms with Gasteiger partial charge in [0.1, 0.15) is 29.8 Å². The molecule has 0 bridgehead atoms. The van der Waals surface area contributed by atoms with Gasteiger partial charge in [-0.05, 0) is 80.5 Å². The lowest BCUT2D eigenvalue weighted by Crippen LogP contribution is -2.14. The first-order valence-electron chi connectivity index (χ1n) is 9.20. The quantitative estimate of drug-likeness (QED) is 0.207. The second-order valence-corrected chi connectivity index (χ2v) is 8.49. The fourth-order valence-electron chi connectivity index (χ4n) is 2.77. The lowest BCUT2D eigenvalue weighted by Gasteiger charge is -2.12. The van der Waals surface area contributed by atoms with Crippen molar-refractivity contribution < 1.29 is 13.9 Å². The third kappa shape index (κ3) is 5.72. The van der Waals surface area contributed by atoms with Gasteiger partial charge < -0.3 is 10.1 Å². The van der Waals surface area contributed by atoms with Crippen molar-refractivity contribution in [2.45, 2.75) is 6.61 Å². The van der Waals surface area contributed by atoms with E-state index < -0.39 is 11.7 Å². The normalized spacial score (nSPS) is 10.7. The van der Waals surface area contributed by atoms with Crippen molar-refractivity contribution in [3.05, 3.63) is 96.8 Å². The largest absolute Gasteiger partial charge is 0.487 e. The summed E-state index contributed by atoms with van der Waals surface area (Å²) in [7, 11) is 0. The van der Waals surface area contributed by atoms with Gasteiger partial charge in [-0.2, -0.15) is 10.5 Å². The van der Waals surface area contributed by atoms with E-state index in [4.69, 9.17) is 4.74 Å². The Morgan fingerprint density at radius 1 is 1.16 bits per heavy atom. The molecule has 0 saturated heterocycles. The van der Waals surface area contributed by atoms with Crippen LogP contribution >= 0.6 is 38.5 Å². The van der Waals surface area contributed by atoms with Crippen LogP contribution in [0.4, 0.5) is 10.1 Å². The second-order valence-electron chi connectivity index (χ2n) is 6.48. The molecule has 0 aliphatic rings. The molecule has 0 heterocycles. The molecule has 0 aliphatic heterocycles. The van der Waals surface area contributed by atoms with E-state index in [0.29, 0.717) is 21.3 Å². The van der Waals surface area contributed by atoms with Crippen LogP contribution in [0.3, 0.4) is 0 Å². The Labute approximate surface area is 206 Å². The molecule has 1 amide bonds. The van der Waals surface area contributed by atoms with Gasteiger partial charge in [-0.25, -0.2) is 4.39 Å². The van der Waals surface area contributed by atoms with E-state index in [-0.39, 0.29) is 17.9 Å². The van der Waals surface area contributed by atoms with E-state index in [9.17, 15) is 19.7 Å². The summed E-state index contributed by atoms with van der Waals surface area (Å²) in [5.41, 5.74) is 1.71. The van der Waals surface area contributed by atoms with Crippen LogP contribution in [0.5, 0.6) is 5.75 Å². The minimum Gasteiger partial charge on any atom is -0.487 e. The number of ether oxygens (including phenoxy) is 1. The van der Waals surface area contributed by atoms with Gasteiger partial charge in [0.2, 0.25) is 0 Å². The third-order valence-electron chi connectivity index (χ3n) is 4.33. The molecule has 0 aromatic heterocycles. The van der Waals surface area contributed by atoms with Crippen LogP contribution in [0.15, 0.2) is 70.7 Å². The van der Waals surface area contributed by atoms with Crippen molar-refractivity contribution in [3.8, 4) is 17.9 Å². The number of rotatable bonds is 6. The van der Waals surface area contributed by atoms with Crippen molar-refractivity contribution >= 4 is 56.2 Å². The predicted octanol–water partition coefficient (Wildman–Crippen LogP) is 6.19. The number of halogens is 3. The number of nitrogens with zero attached hydrogens (tertiary/aromatic N) is 2. The lowest BCUT2D eigenvalue weighted by atomic mass is 10.1. The van der Waals surface area contributed by atoms with Gasteiger partial charge in [-0.1, -0.05) is 30.3 Å². The molecule has 3 aromatic rings. The van der Waals surface area contributed by atoms with Crippen molar-refractivity contribution in [2.24, 2.45) is 0 Å². The van der Waals surface area contributed by atoms with Gasteiger partial charge in [0.05, 0.1) is 25.4 Å². The molecular formula is C24H14BrFIN3O2. The van der Waals surface area contributed by atoms with E-state index in [1.807, 2.05) is 18.2 Å². The monoisotopic (exact) mass is 601 g/mol. The molecule has 0 atom stereocenters. The van der Waals surface area contributed by atoms with Crippen LogP contribution in [0.25, 0.3) is 6.08 Å². The number of carbonyl (C=O) groups is 1. The smallest absolute Gasteiger partial charge is 0.266 e. The van der Waals surface area contributed by atoms with Crippen molar-refractivity contribution in [2.75, 3.05) is 5.32 Å². The number of nitrogens with one attached hydrogen (secondary N) is 1. The lowest BCUT2D eigenvalue weighted by molar-refractivity contribution is -0.112. The third-order valence-corrected chi connectivity index (χ3v) is 5.72. The summed E-state index contributed by atoms with van der Waals surface area (Å²) in [5, 5.41) is 21.0. The Balaban J connectivity index is 1.80. The topological polar surface area (TPSA) is 85.9 Å². The van der Waals surface area contributed by atoms with Gasteiger partial charge in [-0.3, -0.25) is 4.79 Å². The Kier molecular flexibility index (Phi) is 7.98. The number of benzene rings is 3. The van der Waals surface area contributed by atoms with Gasteiger partial charge >= 0.3 is 0 Å². The first-order valence-corrected chi connectivity index (χ1v) is 11.1. The Bertz CT molecular complexity index is 1270. The van der Waals surface area contributed by atoms with Crippen LogP contribution in [0, 0.1) is 32.0 Å². The molecule has 158 valence electrons. The summed E-state index contributed by atoms with van der Waals surface area (Å²) in [6, 6.07) is 20.4. The zero-order chi connectivity index (χ0) is 23.1. The standard InChI is InChI=1S/C24H14BrFIN3O2/c25-19-10-15(9-18(13-29)24(31)30-22-8-4-3-7-20(22)26)11-21(27)23(19)32-14-17-6-2-1-5-16(17)12-28/h1-11H,14H2,(H,30,31)/b18-9-. The first-order chi connectivity index (χ1) is 15.4. The fourth-order valence-corrected chi connectivity index (χ4v) is 4.54. The average molecular weight is 602 g/mol. The molecule has 0 fully saturated rings. The molecule has 1 N–H and O–H groups in total. The highest BCUT2D eigenvalue weighted by Crippen LogP contribution is 2.33. The molecule has 0 spiro atoms. The van der Waals surface area contributed by atoms with Crippen LogP contribution < -0.4 is 10.1 Å². The van der Waals surface area contributed by atoms with Gasteiger partial charge in [0, 0.05) is 5.56 Å². The van der Waals surface area contributed by atoms with Gasteiger partial charge in [-0.15, -0.1) is 0 Å². The number of amides is 1. The number of nitriles is 2. The summed E-state index contributed by atoms with van der Waals surface area (Å²) in [4.78, 5) is 12.4. The minimum absolute atomic E-state index is 0.00388. The molecule has 32 heavy (non-hydrogen) atoms. The predicted molar refractivity (Wildman–Crippen MR) is 131 cm³/mol. The van der Waals surface area contributed by atoms with E-state index in [1.165, 1.54) is 24.3 Å². The summed E-state index contributed by atoms with van der Waals surface area (Å²) in [6.07, 6.45) is 1.41. The van der Waals surface area contributed by atoms with Crippen molar-refractivity contribution in [1.82, 2.24) is 0 Å². The molecule has 0 saturated carbocycles. The van der Waals surface area contributed by atoms with E-state index in [1.54, 1.807) is 30.3 Å². The summed E-state index contributed by atoms with van der Waals surface area (Å²) < 4.78 is 21.1. The van der Waals surface area contributed by atoms with Crippen LogP contribution in [0.1, 0.15) is 16.7 Å². The Hall–Kier alpha value is -3.21. The number of hydrogen-bond acceptors (Lipinski definition) is 4. The molecule has 0 radical (unpaired) electrons. The SMILES string of the molecule is N#C/C(=C/c1cc(Br)c(OCc2ccccc2C#N)c(I)c1)C(=O)Nc1ccccc1F. The van der Waals surface area contributed by atoms with E-state index >= 15 is 0 Å². The zero-order valence-corrected chi connectivity index (χ0v) is 20.1. The zero-order valence-electron chi connectivity index (χ0n) is 16.4. The number of carbonyl (C=O) groups excluding carboxylic acids is 1. The van der Waals surface area contributed by atoms with E-state index in [2.05, 4.69) is 49.9 Å². The molecule has 3 rings (SSSR count). The maximum absolute atomic E-state index is 13.8. The van der Waals surface area contributed by atoms with Crippen molar-refractivity contribution in [3.63, 3.8) is 0 Å². The number of hydrogen-bond donors (Lipinski definition) is 1. The second kappa shape index (κ2) is 10.9. The summed E-state index contributed by atoms with van der Waals surface area (Å²) in [6.45, 7) is 0.210. The maximum Gasteiger partial charge on any atom is 0.266 e. The van der Waals surface area contributed by atoms with E-state index in [0.717, 1.165) is 9.13 Å². The van der Waals surface area contributed by atoms with Gasteiger partial charge in [0.15, 0.2) is 0 Å². The fraction of sp³-hybridized carbons (Fsp3) is 0.0417. The molecule has 5 nitrogen and oxygen atoms in total. The summed E-state index contributed by atoms with van der Waals surface area (Å²) >= 11 is 5.55. The Morgan fingerprint density at radius 2 is 1.88 bits per heavy atom. The molecule has 8 heteroatoms. The first kappa shape index (κ1) is 23.5. The maximum atomic E-state index is 13.8. The Morgan fingerprint density at radius 3 is 2.56 bits per heavy atom. The van der Waals surface area contributed by atoms with Gasteiger partial charge in [0.25, 0.3) is 5.91 Å². The van der Waals surface area contributed by atoms with Crippen LogP contribution in [-0.2, 0) is 11.4 Å². The number of anilines is 1. The molecule has 3 aromatic carbocycles. The van der Waals surface area contributed by atoms with Crippen molar-refractivity contribution in [1.29, 1.82) is 10.5 Å². The highest BCUT2D eigenvalue weighted by Gasteiger charge is 2.14. The molecule has 0 unspecified atom stereocenters. The summed E-state index contributed by atoms with van der Waals surface area (Å²) in [5.74, 6) is -0.725. The molecule has 0 aliphatic carbocycles. The number of para-hydroxylation sites is 1. The molecular weight excluding hydrogens is 588 g/mol. The van der Waals surface area contributed by atoms with Crippen LogP contribution in [-0.4, -0.2) is 5.91 Å². The van der Waals surface area contributed by atoms with Crippen LogP contribution in [0.2, 0.25) is 0 Å². The highest BCUT2D eigenvalue weighted by atomic mass is 127. The highest BCUT2D eigenvalue weighted by molar-refractivity contribution is 14.1. The average Bonchev–Trinajstić information content (AvgIpc) is 2.78.